The molecular weight excluding hydrogens is 729 g/mol. The minimum Gasteiger partial charge on any atom is -0.465 e. The Labute approximate surface area is 351 Å². The van der Waals surface area contributed by atoms with Gasteiger partial charge in [-0.15, -0.1) is 24.7 Å². The molecule has 0 fully saturated rings. The molecule has 0 bridgehead atoms. The van der Waals surface area contributed by atoms with Crippen LogP contribution in [0.25, 0.3) is 0 Å². The van der Waals surface area contributed by atoms with Crippen LogP contribution in [0.5, 0.6) is 0 Å². The van der Waals surface area contributed by atoms with Crippen LogP contribution in [-0.4, -0.2) is 50.3 Å². The van der Waals surface area contributed by atoms with E-state index in [1.165, 1.54) is 31.2 Å². The van der Waals surface area contributed by atoms with Crippen molar-refractivity contribution < 1.29 is 38.1 Å². The van der Waals surface area contributed by atoms with E-state index in [9.17, 15) is 19.2 Å². The molecule has 316 valence electrons. The summed E-state index contributed by atoms with van der Waals surface area (Å²) in [6.45, 7) is 16.3. The average Bonchev–Trinajstić information content (AvgIpc) is 3.60. The van der Waals surface area contributed by atoms with Crippen LogP contribution in [0, 0.1) is 71.0 Å². The first-order valence-corrected chi connectivity index (χ1v) is 21.2. The summed E-state index contributed by atoms with van der Waals surface area (Å²) in [6.07, 6.45) is 23.8. The van der Waals surface area contributed by atoms with Crippen LogP contribution in [-0.2, 0) is 57.4 Å². The van der Waals surface area contributed by atoms with Crippen molar-refractivity contribution in [2.75, 3.05) is 26.4 Å². The molecule has 0 amide bonds. The van der Waals surface area contributed by atoms with Gasteiger partial charge in [0.1, 0.15) is 0 Å². The fourth-order valence-electron chi connectivity index (χ4n) is 5.87. The highest BCUT2D eigenvalue weighted by molar-refractivity contribution is 6.02. The quantitative estimate of drug-likeness (QED) is 0.0449. The molecule has 0 aliphatic heterocycles. The molecule has 8 nitrogen and oxygen atoms in total. The molecule has 1 aliphatic rings. The predicted octanol–water partition coefficient (Wildman–Crippen LogP) is 9.30. The van der Waals surface area contributed by atoms with Gasteiger partial charge >= 0.3 is 23.9 Å². The Kier molecular flexibility index (Phi) is 29.1. The minimum atomic E-state index is -1.57. The predicted molar refractivity (Wildman–Crippen MR) is 232 cm³/mol. The summed E-state index contributed by atoms with van der Waals surface area (Å²) < 4.78 is 20.3. The zero-order chi connectivity index (χ0) is 43.7. The van der Waals surface area contributed by atoms with E-state index in [4.69, 9.17) is 31.8 Å². The highest BCUT2D eigenvalue weighted by atomic mass is 16.6. The second-order valence-electron chi connectivity index (χ2n) is 13.8. The molecular formula is C50H68O8. The number of terminal acetylenes is 2. The van der Waals surface area contributed by atoms with Gasteiger partial charge in [-0.05, 0) is 107 Å². The molecule has 0 atom stereocenters. The Balaban J connectivity index is 0.000000948. The lowest BCUT2D eigenvalue weighted by Crippen LogP contribution is -2.43. The van der Waals surface area contributed by atoms with Crippen LogP contribution in [0.15, 0.2) is 12.1 Å². The second kappa shape index (κ2) is 31.9. The first-order chi connectivity index (χ1) is 28.0. The molecule has 8 heteroatoms. The molecule has 58 heavy (non-hydrogen) atoms. The van der Waals surface area contributed by atoms with E-state index in [1.807, 2.05) is 0 Å². The van der Waals surface area contributed by atoms with Crippen molar-refractivity contribution in [3.8, 4) is 60.2 Å². The third-order valence-electron chi connectivity index (χ3n) is 9.11. The van der Waals surface area contributed by atoms with E-state index >= 15 is 0 Å². The van der Waals surface area contributed by atoms with Crippen molar-refractivity contribution >= 4 is 23.9 Å². The smallest absolute Gasteiger partial charge is 0.325 e. The van der Waals surface area contributed by atoms with Gasteiger partial charge in [-0.3, -0.25) is 19.2 Å². The zero-order valence-electron chi connectivity index (χ0n) is 36.7. The zero-order valence-corrected chi connectivity index (χ0v) is 36.7. The van der Waals surface area contributed by atoms with Crippen LogP contribution >= 0.6 is 0 Å². The first kappa shape index (κ1) is 52.9. The van der Waals surface area contributed by atoms with Gasteiger partial charge in [0.2, 0.25) is 0 Å². The molecule has 0 heterocycles. The SMILES string of the molecule is C#CCC(CC#C)(C(=O)OCC)C(=O)OCC.CCCCC#CC#CCCCC.CCCCC#Cc1cc2c(cc1CCCC)CC(C(=O)OCC)(C(=O)OCC)C2. The Morgan fingerprint density at radius 3 is 1.41 bits per heavy atom. The summed E-state index contributed by atoms with van der Waals surface area (Å²) in [4.78, 5) is 49.3. The molecule has 0 radical (unpaired) electrons. The molecule has 1 aromatic carbocycles. The summed E-state index contributed by atoms with van der Waals surface area (Å²) in [5, 5.41) is 0. The van der Waals surface area contributed by atoms with E-state index in [0.29, 0.717) is 12.8 Å². The molecule has 0 spiro atoms. The van der Waals surface area contributed by atoms with Crippen molar-refractivity contribution in [3.63, 3.8) is 0 Å². The van der Waals surface area contributed by atoms with Crippen molar-refractivity contribution in [1.29, 1.82) is 0 Å². The maximum Gasteiger partial charge on any atom is 0.325 e. The monoisotopic (exact) mass is 796 g/mol. The molecule has 1 aliphatic carbocycles. The number of carbonyl (C=O) groups excluding carboxylic acids is 4. The minimum absolute atomic E-state index is 0.130. The normalized spacial score (nSPS) is 11.5. The Bertz CT molecular complexity index is 1630. The van der Waals surface area contributed by atoms with E-state index in [0.717, 1.165) is 68.1 Å². The van der Waals surface area contributed by atoms with Gasteiger partial charge in [0, 0.05) is 37.7 Å². The highest BCUT2D eigenvalue weighted by Gasteiger charge is 2.53. The summed E-state index contributed by atoms with van der Waals surface area (Å²) in [6, 6.07) is 4.23. The lowest BCUT2D eigenvalue weighted by molar-refractivity contribution is -0.173. The molecule has 0 N–H and O–H groups in total. The van der Waals surface area contributed by atoms with Crippen LogP contribution in [0.2, 0.25) is 0 Å². The van der Waals surface area contributed by atoms with Gasteiger partial charge in [0.05, 0.1) is 26.4 Å². The number of fused-ring (bicyclic) bond motifs is 1. The molecule has 0 aromatic heterocycles. The van der Waals surface area contributed by atoms with Crippen molar-refractivity contribution in [3.05, 3.63) is 34.4 Å². The number of unbranched alkanes of at least 4 members (excludes halogenated alkanes) is 7. The first-order valence-electron chi connectivity index (χ1n) is 21.2. The average molecular weight is 797 g/mol. The Morgan fingerprint density at radius 1 is 0.603 bits per heavy atom. The van der Waals surface area contributed by atoms with Crippen molar-refractivity contribution in [1.82, 2.24) is 0 Å². The number of hydrogen-bond donors (Lipinski definition) is 0. The van der Waals surface area contributed by atoms with Crippen LogP contribution in [0.3, 0.4) is 0 Å². The van der Waals surface area contributed by atoms with Crippen LogP contribution in [0.4, 0.5) is 0 Å². The summed E-state index contributed by atoms with van der Waals surface area (Å²) in [7, 11) is 0. The number of benzene rings is 1. The number of carbonyl (C=O) groups is 4. The standard InChI is InChI=1S/C25H34O4.C13H16O4.C12H18/c1-5-9-11-12-14-20-16-22-18-25(23(26)28-7-3,24(27)29-8-4)17-21(22)15-19(20)13-10-6-2;1-5-9-13(10-6-2,11(14)16-7-3)12(15)17-8-4;1-3-5-7-9-11-12-10-8-6-4-2/h15-16H,5-11,13,17-18H2,1-4H3;1-2H,7-10H2,3-4H3;3-8H2,1-2H3. The molecule has 0 unspecified atom stereocenters. The van der Waals surface area contributed by atoms with E-state index in [1.54, 1.807) is 27.7 Å². The third kappa shape index (κ3) is 18.0. The topological polar surface area (TPSA) is 105 Å². The van der Waals surface area contributed by atoms with Crippen molar-refractivity contribution in [2.24, 2.45) is 10.8 Å². The fourth-order valence-corrected chi connectivity index (χ4v) is 5.87. The fraction of sp³-hybridized carbons (Fsp3) is 0.600. The summed E-state index contributed by atoms with van der Waals surface area (Å²) in [5.74, 6) is 20.6. The van der Waals surface area contributed by atoms with Gasteiger partial charge in [0.25, 0.3) is 0 Å². The van der Waals surface area contributed by atoms with Gasteiger partial charge in [-0.25, -0.2) is 0 Å². The van der Waals surface area contributed by atoms with Crippen LogP contribution in [0.1, 0.15) is 161 Å². The summed E-state index contributed by atoms with van der Waals surface area (Å²) >= 11 is 0. The molecule has 2 rings (SSSR count). The lowest BCUT2D eigenvalue weighted by Gasteiger charge is -2.25. The van der Waals surface area contributed by atoms with Crippen molar-refractivity contribution in [2.45, 2.75) is 158 Å². The number of esters is 4. The molecule has 0 saturated heterocycles. The van der Waals surface area contributed by atoms with Gasteiger partial charge in [-0.1, -0.05) is 83.1 Å². The van der Waals surface area contributed by atoms with Gasteiger partial charge in [0.15, 0.2) is 10.8 Å². The van der Waals surface area contributed by atoms with E-state index in [2.05, 4.69) is 87.2 Å². The maximum absolute atomic E-state index is 12.8. The Hall–Kier alpha value is -5.10. The third-order valence-corrected chi connectivity index (χ3v) is 9.11. The Morgan fingerprint density at radius 2 is 1.02 bits per heavy atom. The van der Waals surface area contributed by atoms with Gasteiger partial charge in [-0.2, -0.15) is 0 Å². The number of ether oxygens (including phenoxy) is 4. The number of hydrogen-bond acceptors (Lipinski definition) is 8. The van der Waals surface area contributed by atoms with Gasteiger partial charge < -0.3 is 18.9 Å². The van der Waals surface area contributed by atoms with E-state index in [-0.39, 0.29) is 39.3 Å². The lowest BCUT2D eigenvalue weighted by atomic mass is 9.81. The van der Waals surface area contributed by atoms with Crippen LogP contribution < -0.4 is 0 Å². The molecule has 0 saturated carbocycles. The summed E-state index contributed by atoms with van der Waals surface area (Å²) in [5.41, 5.74) is 1.43. The number of aryl methyl sites for hydroxylation is 1. The molecule has 1 aromatic rings. The number of rotatable bonds is 19. The highest BCUT2D eigenvalue weighted by Crippen LogP contribution is 2.41. The largest absolute Gasteiger partial charge is 0.465 e. The maximum atomic E-state index is 12.8. The second-order valence-corrected chi connectivity index (χ2v) is 13.8. The van der Waals surface area contributed by atoms with E-state index < -0.39 is 34.7 Å².